The zero-order chi connectivity index (χ0) is 10.1. The molecule has 0 aliphatic carbocycles. The van der Waals surface area contributed by atoms with Gasteiger partial charge in [-0.2, -0.15) is 0 Å². The highest BCUT2D eigenvalue weighted by atomic mass is 19.1. The molecule has 0 spiro atoms. The van der Waals surface area contributed by atoms with Crippen molar-refractivity contribution in [1.82, 2.24) is 9.97 Å². The molecule has 0 bridgehead atoms. The highest BCUT2D eigenvalue weighted by molar-refractivity contribution is 5.74. The molecule has 0 saturated carbocycles. The third-order valence-electron chi connectivity index (χ3n) is 2.23. The van der Waals surface area contributed by atoms with Crippen LogP contribution in [0.5, 0.6) is 0 Å². The Morgan fingerprint density at radius 3 is 2.71 bits per heavy atom. The summed E-state index contributed by atoms with van der Waals surface area (Å²) in [4.78, 5) is 8.71. The smallest absolute Gasteiger partial charge is 0.125 e. The van der Waals surface area contributed by atoms with Crippen LogP contribution in [0.15, 0.2) is 18.2 Å². The van der Waals surface area contributed by atoms with Gasteiger partial charge in [-0.3, -0.25) is 0 Å². The van der Waals surface area contributed by atoms with Gasteiger partial charge in [0.1, 0.15) is 5.82 Å². The summed E-state index contributed by atoms with van der Waals surface area (Å²) in [6.45, 7) is 3.94. The van der Waals surface area contributed by atoms with Gasteiger partial charge >= 0.3 is 0 Å². The van der Waals surface area contributed by atoms with Gasteiger partial charge in [0.15, 0.2) is 0 Å². The highest BCUT2D eigenvalue weighted by Crippen LogP contribution is 2.14. The Kier molecular flexibility index (Phi) is 2.15. The summed E-state index contributed by atoms with van der Waals surface area (Å²) in [6, 6.07) is 4.48. The normalized spacial score (nSPS) is 10.8. The number of hydrogen-bond donors (Lipinski definition) is 0. The lowest BCUT2D eigenvalue weighted by atomic mass is 10.2. The predicted octanol–water partition coefficient (Wildman–Crippen LogP) is 2.64. The van der Waals surface area contributed by atoms with E-state index in [9.17, 15) is 4.39 Å². The summed E-state index contributed by atoms with van der Waals surface area (Å²) in [7, 11) is 0. The second kappa shape index (κ2) is 3.33. The van der Waals surface area contributed by atoms with Crippen molar-refractivity contribution in [2.24, 2.45) is 0 Å². The molecule has 2 aromatic rings. The molecule has 0 radical (unpaired) electrons. The number of benzene rings is 1. The van der Waals surface area contributed by atoms with Crippen LogP contribution in [0.25, 0.3) is 11.0 Å². The van der Waals surface area contributed by atoms with E-state index in [1.807, 2.05) is 13.8 Å². The molecule has 0 aliphatic rings. The minimum absolute atomic E-state index is 0.266. The molecule has 1 aromatic heterocycles. The average Bonchev–Trinajstić information content (AvgIpc) is 2.17. The van der Waals surface area contributed by atoms with Crippen LogP contribution in [0.3, 0.4) is 0 Å². The molecule has 14 heavy (non-hydrogen) atoms. The van der Waals surface area contributed by atoms with Gasteiger partial charge in [-0.15, -0.1) is 0 Å². The number of nitrogens with zero attached hydrogens (tertiary/aromatic N) is 2. The number of hydrogen-bond acceptors (Lipinski definition) is 2. The van der Waals surface area contributed by atoms with E-state index in [1.54, 1.807) is 6.07 Å². The average molecular weight is 190 g/mol. The third kappa shape index (κ3) is 1.45. The Bertz CT molecular complexity index is 480. The van der Waals surface area contributed by atoms with E-state index in [0.717, 1.165) is 23.3 Å². The van der Waals surface area contributed by atoms with E-state index in [4.69, 9.17) is 0 Å². The fourth-order valence-electron chi connectivity index (χ4n) is 1.49. The maximum Gasteiger partial charge on any atom is 0.125 e. The molecule has 0 N–H and O–H groups in total. The molecule has 2 rings (SSSR count). The van der Waals surface area contributed by atoms with Crippen molar-refractivity contribution in [3.8, 4) is 0 Å². The Morgan fingerprint density at radius 2 is 2.00 bits per heavy atom. The summed E-state index contributed by atoms with van der Waals surface area (Å²) in [5.41, 5.74) is 3.24. The van der Waals surface area contributed by atoms with Crippen molar-refractivity contribution < 1.29 is 4.39 Å². The standard InChI is InChI=1S/C11H11FN2/c1-3-9-7(2)13-10-5-4-8(12)6-11(10)14-9/h4-6H,3H2,1-2H3. The predicted molar refractivity (Wildman–Crippen MR) is 53.6 cm³/mol. The van der Waals surface area contributed by atoms with Crippen LogP contribution in [0.2, 0.25) is 0 Å². The monoisotopic (exact) mass is 190 g/mol. The first-order chi connectivity index (χ1) is 6.70. The second-order valence-corrected chi connectivity index (χ2v) is 3.24. The molecule has 0 atom stereocenters. The second-order valence-electron chi connectivity index (χ2n) is 3.24. The van der Waals surface area contributed by atoms with Gasteiger partial charge in [0.25, 0.3) is 0 Å². The van der Waals surface area contributed by atoms with Crippen molar-refractivity contribution >= 4 is 11.0 Å². The fraction of sp³-hybridized carbons (Fsp3) is 0.273. The molecular weight excluding hydrogens is 179 g/mol. The van der Waals surface area contributed by atoms with Crippen LogP contribution in [0.1, 0.15) is 18.3 Å². The minimum atomic E-state index is -0.266. The number of halogens is 1. The molecule has 0 fully saturated rings. The number of fused-ring (bicyclic) bond motifs is 1. The maximum absolute atomic E-state index is 12.9. The van der Waals surface area contributed by atoms with E-state index in [-0.39, 0.29) is 5.82 Å². The van der Waals surface area contributed by atoms with Gasteiger partial charge in [0.2, 0.25) is 0 Å². The van der Waals surface area contributed by atoms with Crippen LogP contribution < -0.4 is 0 Å². The Morgan fingerprint density at radius 1 is 1.21 bits per heavy atom. The number of aryl methyl sites for hydroxylation is 2. The molecule has 0 amide bonds. The zero-order valence-corrected chi connectivity index (χ0v) is 8.21. The molecule has 72 valence electrons. The van der Waals surface area contributed by atoms with Gasteiger partial charge < -0.3 is 0 Å². The van der Waals surface area contributed by atoms with E-state index < -0.39 is 0 Å². The van der Waals surface area contributed by atoms with E-state index in [0.29, 0.717) is 5.52 Å². The lowest BCUT2D eigenvalue weighted by Crippen LogP contribution is -1.97. The van der Waals surface area contributed by atoms with Crippen molar-refractivity contribution in [2.75, 3.05) is 0 Å². The topological polar surface area (TPSA) is 25.8 Å². The maximum atomic E-state index is 12.9. The van der Waals surface area contributed by atoms with Crippen LogP contribution in [-0.4, -0.2) is 9.97 Å². The quantitative estimate of drug-likeness (QED) is 0.690. The summed E-state index contributed by atoms with van der Waals surface area (Å²) < 4.78 is 12.9. The van der Waals surface area contributed by atoms with E-state index in [2.05, 4.69) is 9.97 Å². The molecule has 3 heteroatoms. The summed E-state index contributed by atoms with van der Waals surface area (Å²) >= 11 is 0. The number of rotatable bonds is 1. The highest BCUT2D eigenvalue weighted by Gasteiger charge is 2.03. The Labute approximate surface area is 81.8 Å². The largest absolute Gasteiger partial charge is 0.250 e. The van der Waals surface area contributed by atoms with Crippen molar-refractivity contribution in [3.63, 3.8) is 0 Å². The van der Waals surface area contributed by atoms with Crippen LogP contribution >= 0.6 is 0 Å². The zero-order valence-electron chi connectivity index (χ0n) is 8.21. The molecule has 0 aliphatic heterocycles. The first kappa shape index (κ1) is 9.06. The van der Waals surface area contributed by atoms with Crippen LogP contribution in [0.4, 0.5) is 4.39 Å². The summed E-state index contributed by atoms with van der Waals surface area (Å²) in [5.74, 6) is -0.266. The van der Waals surface area contributed by atoms with Gasteiger partial charge in [-0.1, -0.05) is 6.92 Å². The lowest BCUT2D eigenvalue weighted by Gasteiger charge is -2.03. The Hall–Kier alpha value is -1.51. The third-order valence-corrected chi connectivity index (χ3v) is 2.23. The van der Waals surface area contributed by atoms with Gasteiger partial charge in [0.05, 0.1) is 22.4 Å². The fourth-order valence-corrected chi connectivity index (χ4v) is 1.49. The molecule has 0 unspecified atom stereocenters. The molecule has 1 aromatic carbocycles. The molecule has 0 saturated heterocycles. The van der Waals surface area contributed by atoms with Gasteiger partial charge in [-0.25, -0.2) is 14.4 Å². The molecular formula is C11H11FN2. The summed E-state index contributed by atoms with van der Waals surface area (Å²) in [6.07, 6.45) is 0.825. The minimum Gasteiger partial charge on any atom is -0.250 e. The SMILES string of the molecule is CCc1nc2cc(F)ccc2nc1C. The summed E-state index contributed by atoms with van der Waals surface area (Å²) in [5, 5.41) is 0. The first-order valence-electron chi connectivity index (χ1n) is 4.63. The molecule has 2 nitrogen and oxygen atoms in total. The van der Waals surface area contributed by atoms with Gasteiger partial charge in [-0.05, 0) is 25.5 Å². The van der Waals surface area contributed by atoms with Crippen molar-refractivity contribution in [2.45, 2.75) is 20.3 Å². The van der Waals surface area contributed by atoms with E-state index in [1.165, 1.54) is 12.1 Å². The van der Waals surface area contributed by atoms with Crippen molar-refractivity contribution in [3.05, 3.63) is 35.4 Å². The Balaban J connectivity index is 2.73. The van der Waals surface area contributed by atoms with Crippen molar-refractivity contribution in [1.29, 1.82) is 0 Å². The molecule has 1 heterocycles. The van der Waals surface area contributed by atoms with E-state index >= 15 is 0 Å². The lowest BCUT2D eigenvalue weighted by molar-refractivity contribution is 0.629. The van der Waals surface area contributed by atoms with Crippen LogP contribution in [-0.2, 0) is 6.42 Å². The first-order valence-corrected chi connectivity index (χ1v) is 4.63. The van der Waals surface area contributed by atoms with Crippen LogP contribution in [0, 0.1) is 12.7 Å². The number of aromatic nitrogens is 2. The van der Waals surface area contributed by atoms with Gasteiger partial charge in [0, 0.05) is 6.07 Å².